The Labute approximate surface area is 75.0 Å². The Bertz CT molecular complexity index is 130. The van der Waals surface area contributed by atoms with Gasteiger partial charge in [0.25, 0.3) is 0 Å². The minimum atomic E-state index is 0.870. The molecule has 0 amide bonds. The number of rotatable bonds is 7. The molecule has 0 spiro atoms. The highest BCUT2D eigenvalue weighted by atomic mass is 16.4. The number of unbranched alkanes of at least 4 members (excludes halogenated alkanes) is 4. The normalized spacial score (nSPS) is 11.8. The topological polar surface area (TPSA) is 32.6 Å². The number of nitrogens with zero attached hydrogens (tertiary/aromatic N) is 1. The molecule has 0 aliphatic rings. The molecule has 0 heterocycles. The quantitative estimate of drug-likeness (QED) is 0.205. The molecule has 0 aliphatic carbocycles. The zero-order valence-electron chi connectivity index (χ0n) is 7.87. The van der Waals surface area contributed by atoms with Crippen molar-refractivity contribution >= 4 is 6.21 Å². The van der Waals surface area contributed by atoms with Crippen molar-refractivity contribution in [2.75, 3.05) is 0 Å². The van der Waals surface area contributed by atoms with E-state index in [4.69, 9.17) is 5.21 Å². The van der Waals surface area contributed by atoms with Crippen molar-refractivity contribution in [1.29, 1.82) is 0 Å². The zero-order chi connectivity index (χ0) is 9.07. The van der Waals surface area contributed by atoms with E-state index >= 15 is 0 Å². The zero-order valence-corrected chi connectivity index (χ0v) is 7.87. The van der Waals surface area contributed by atoms with E-state index in [2.05, 4.69) is 24.2 Å². The second kappa shape index (κ2) is 10.2. The molecule has 2 heteroatoms. The summed E-state index contributed by atoms with van der Waals surface area (Å²) in [6.07, 6.45) is 12.8. The molecular weight excluding hydrogens is 150 g/mol. The van der Waals surface area contributed by atoms with E-state index in [-0.39, 0.29) is 0 Å². The van der Waals surface area contributed by atoms with Gasteiger partial charge in [0.2, 0.25) is 0 Å². The summed E-state index contributed by atoms with van der Waals surface area (Å²) in [6.45, 7) is 2.20. The van der Waals surface area contributed by atoms with Gasteiger partial charge in [-0.3, -0.25) is 0 Å². The summed E-state index contributed by atoms with van der Waals surface area (Å²) in [5, 5.41) is 11.0. The van der Waals surface area contributed by atoms with Gasteiger partial charge in [0.05, 0.1) is 0 Å². The lowest BCUT2D eigenvalue weighted by atomic mass is 10.2. The molecule has 0 aromatic rings. The third kappa shape index (κ3) is 9.21. The molecule has 0 rings (SSSR count). The average Bonchev–Trinajstić information content (AvgIpc) is 2.10. The first kappa shape index (κ1) is 11.2. The summed E-state index contributed by atoms with van der Waals surface area (Å²) in [4.78, 5) is 0. The van der Waals surface area contributed by atoms with Crippen molar-refractivity contribution in [2.45, 2.75) is 45.4 Å². The first-order valence-electron chi connectivity index (χ1n) is 4.72. The maximum absolute atomic E-state index is 8.09. The molecule has 70 valence electrons. The molecule has 1 N–H and O–H groups in total. The third-order valence-electron chi connectivity index (χ3n) is 1.68. The van der Waals surface area contributed by atoms with Gasteiger partial charge in [-0.15, -0.1) is 5.16 Å². The van der Waals surface area contributed by atoms with Crippen LogP contribution in [0.3, 0.4) is 0 Å². The highest BCUT2D eigenvalue weighted by Gasteiger charge is 1.81. The van der Waals surface area contributed by atoms with Gasteiger partial charge >= 0.3 is 0 Å². The molecule has 0 aromatic carbocycles. The van der Waals surface area contributed by atoms with Gasteiger partial charge in [-0.2, -0.15) is 0 Å². The lowest BCUT2D eigenvalue weighted by Gasteiger charge is -1.90. The number of allylic oxidation sites excluding steroid dienone is 2. The SMILES string of the molecule is CCCC/C=C/CCC/C=N\O. The fourth-order valence-corrected chi connectivity index (χ4v) is 0.942. The molecule has 0 unspecified atom stereocenters. The number of hydrogen-bond acceptors (Lipinski definition) is 2. The Kier molecular flexibility index (Phi) is 9.54. The van der Waals surface area contributed by atoms with Crippen LogP contribution in [0.2, 0.25) is 0 Å². The van der Waals surface area contributed by atoms with Gasteiger partial charge in [0.1, 0.15) is 0 Å². The summed E-state index contributed by atoms with van der Waals surface area (Å²) in [6, 6.07) is 0. The van der Waals surface area contributed by atoms with Gasteiger partial charge in [-0.1, -0.05) is 31.9 Å². The minimum absolute atomic E-state index is 0.870. The molecule has 0 aliphatic heterocycles. The second-order valence-corrected chi connectivity index (χ2v) is 2.84. The highest BCUT2D eigenvalue weighted by Crippen LogP contribution is 1.99. The van der Waals surface area contributed by atoms with Gasteiger partial charge < -0.3 is 5.21 Å². The second-order valence-electron chi connectivity index (χ2n) is 2.84. The molecule has 12 heavy (non-hydrogen) atoms. The summed E-state index contributed by atoms with van der Waals surface area (Å²) >= 11 is 0. The molecule has 0 atom stereocenters. The van der Waals surface area contributed by atoms with Gasteiger partial charge in [0.15, 0.2) is 0 Å². The maximum atomic E-state index is 8.09. The lowest BCUT2D eigenvalue weighted by molar-refractivity contribution is 0.320. The Balaban J connectivity index is 3.02. The number of oxime groups is 1. The van der Waals surface area contributed by atoms with Crippen LogP contribution in [-0.2, 0) is 0 Å². The average molecular weight is 169 g/mol. The number of hydrogen-bond donors (Lipinski definition) is 1. The van der Waals surface area contributed by atoms with Crippen molar-refractivity contribution < 1.29 is 5.21 Å². The summed E-state index contributed by atoms with van der Waals surface area (Å²) in [7, 11) is 0. The highest BCUT2D eigenvalue weighted by molar-refractivity contribution is 5.55. The molecule has 0 saturated heterocycles. The van der Waals surface area contributed by atoms with E-state index in [1.807, 2.05) is 0 Å². The Morgan fingerprint density at radius 3 is 2.33 bits per heavy atom. The van der Waals surface area contributed by atoms with Gasteiger partial charge in [-0.25, -0.2) is 0 Å². The predicted molar refractivity (Wildman–Crippen MR) is 52.8 cm³/mol. The molecule has 0 radical (unpaired) electrons. The smallest absolute Gasteiger partial charge is 0.0436 e. The Morgan fingerprint density at radius 2 is 1.75 bits per heavy atom. The predicted octanol–water partition coefficient (Wildman–Crippen LogP) is 3.36. The van der Waals surface area contributed by atoms with Crippen molar-refractivity contribution in [3.8, 4) is 0 Å². The van der Waals surface area contributed by atoms with Crippen LogP contribution in [0.4, 0.5) is 0 Å². The minimum Gasteiger partial charge on any atom is -0.411 e. The largest absolute Gasteiger partial charge is 0.411 e. The van der Waals surface area contributed by atoms with Crippen molar-refractivity contribution in [3.05, 3.63) is 12.2 Å². The van der Waals surface area contributed by atoms with E-state index in [9.17, 15) is 0 Å². The van der Waals surface area contributed by atoms with E-state index < -0.39 is 0 Å². The first-order valence-corrected chi connectivity index (χ1v) is 4.72. The van der Waals surface area contributed by atoms with Crippen LogP contribution >= 0.6 is 0 Å². The lowest BCUT2D eigenvalue weighted by Crippen LogP contribution is -1.75. The van der Waals surface area contributed by atoms with Crippen LogP contribution < -0.4 is 0 Å². The van der Waals surface area contributed by atoms with Crippen LogP contribution in [0.5, 0.6) is 0 Å². The Morgan fingerprint density at radius 1 is 1.08 bits per heavy atom. The van der Waals surface area contributed by atoms with Gasteiger partial charge in [0, 0.05) is 6.21 Å². The van der Waals surface area contributed by atoms with Crippen LogP contribution in [0.15, 0.2) is 17.3 Å². The van der Waals surface area contributed by atoms with E-state index in [0.717, 1.165) is 19.3 Å². The fraction of sp³-hybridized carbons (Fsp3) is 0.700. The summed E-state index contributed by atoms with van der Waals surface area (Å²) in [5.41, 5.74) is 0. The van der Waals surface area contributed by atoms with Crippen molar-refractivity contribution in [3.63, 3.8) is 0 Å². The monoisotopic (exact) mass is 169 g/mol. The van der Waals surface area contributed by atoms with Crippen LogP contribution in [-0.4, -0.2) is 11.4 Å². The van der Waals surface area contributed by atoms with Crippen LogP contribution in [0.1, 0.15) is 45.4 Å². The molecule has 0 aromatic heterocycles. The molecule has 0 saturated carbocycles. The molecule has 0 fully saturated rings. The molecular formula is C10H19NO. The maximum Gasteiger partial charge on any atom is 0.0436 e. The van der Waals surface area contributed by atoms with Crippen LogP contribution in [0, 0.1) is 0 Å². The van der Waals surface area contributed by atoms with Gasteiger partial charge in [-0.05, 0) is 25.7 Å². The standard InChI is InChI=1S/C10H19NO/c1-2-3-4-5-6-7-8-9-10-11-12/h5-6,10,12H,2-4,7-9H2,1H3/b6-5+,11-10-. The molecule has 0 bridgehead atoms. The van der Waals surface area contributed by atoms with Crippen molar-refractivity contribution in [1.82, 2.24) is 0 Å². The first-order chi connectivity index (χ1) is 5.91. The van der Waals surface area contributed by atoms with E-state index in [1.54, 1.807) is 6.21 Å². The third-order valence-corrected chi connectivity index (χ3v) is 1.68. The Hall–Kier alpha value is -0.790. The van der Waals surface area contributed by atoms with E-state index in [0.29, 0.717) is 0 Å². The fourth-order valence-electron chi connectivity index (χ4n) is 0.942. The van der Waals surface area contributed by atoms with Crippen molar-refractivity contribution in [2.24, 2.45) is 5.16 Å². The summed E-state index contributed by atoms with van der Waals surface area (Å²) in [5.74, 6) is 0. The van der Waals surface area contributed by atoms with E-state index in [1.165, 1.54) is 19.3 Å². The summed E-state index contributed by atoms with van der Waals surface area (Å²) < 4.78 is 0. The molecule has 2 nitrogen and oxygen atoms in total. The van der Waals surface area contributed by atoms with Crippen LogP contribution in [0.25, 0.3) is 0 Å².